The monoisotopic (exact) mass is 252 g/mol. The van der Waals surface area contributed by atoms with Crippen LogP contribution in [0.1, 0.15) is 40.5 Å². The van der Waals surface area contributed by atoms with Gasteiger partial charge >= 0.3 is 0 Å². The van der Waals surface area contributed by atoms with Gasteiger partial charge in [-0.25, -0.2) is 0 Å². The summed E-state index contributed by atoms with van der Waals surface area (Å²) < 4.78 is 1.77. The number of nitrogens with one attached hydrogen (secondary N) is 1. The number of nitrogens with two attached hydrogens (primary N) is 1. The number of carbonyl (C=O) groups is 1. The molecule has 1 unspecified atom stereocenters. The maximum atomic E-state index is 11.8. The van der Waals surface area contributed by atoms with Crippen molar-refractivity contribution < 1.29 is 4.79 Å². The molecule has 0 aliphatic heterocycles. The van der Waals surface area contributed by atoms with Crippen molar-refractivity contribution in [2.45, 2.75) is 53.1 Å². The topological polar surface area (TPSA) is 72.9 Å². The molecule has 0 fully saturated rings. The summed E-state index contributed by atoms with van der Waals surface area (Å²) in [7, 11) is 0. The Balaban J connectivity index is 2.41. The van der Waals surface area contributed by atoms with Crippen molar-refractivity contribution >= 4 is 11.7 Å². The summed E-state index contributed by atoms with van der Waals surface area (Å²) in [6.07, 6.45) is 2.99. The minimum atomic E-state index is -0.113. The summed E-state index contributed by atoms with van der Waals surface area (Å²) in [6, 6.07) is 1.68. The van der Waals surface area contributed by atoms with Crippen LogP contribution in [0.3, 0.4) is 0 Å². The molecule has 1 rings (SSSR count). The van der Waals surface area contributed by atoms with Crippen LogP contribution in [-0.4, -0.2) is 21.7 Å². The molecule has 0 aliphatic carbocycles. The van der Waals surface area contributed by atoms with E-state index in [1.54, 1.807) is 10.7 Å². The highest BCUT2D eigenvalue weighted by Gasteiger charge is 2.18. The van der Waals surface area contributed by atoms with Crippen molar-refractivity contribution in [1.29, 1.82) is 0 Å². The number of aryl methyl sites for hydroxylation is 1. The van der Waals surface area contributed by atoms with E-state index in [4.69, 9.17) is 5.73 Å². The molecule has 5 heteroatoms. The van der Waals surface area contributed by atoms with E-state index < -0.39 is 0 Å². The Morgan fingerprint density at radius 1 is 1.56 bits per heavy atom. The van der Waals surface area contributed by atoms with Crippen molar-refractivity contribution in [2.75, 3.05) is 5.32 Å². The number of aromatic nitrogens is 2. The molecule has 1 amide bonds. The number of carbonyl (C=O) groups excluding carboxylic acids is 1. The highest BCUT2D eigenvalue weighted by molar-refractivity contribution is 5.90. The molecule has 0 radical (unpaired) electrons. The fourth-order valence-corrected chi connectivity index (χ4v) is 1.90. The van der Waals surface area contributed by atoms with Gasteiger partial charge in [-0.3, -0.25) is 9.48 Å². The van der Waals surface area contributed by atoms with Crippen molar-refractivity contribution in [3.8, 4) is 0 Å². The van der Waals surface area contributed by atoms with Crippen molar-refractivity contribution in [3.63, 3.8) is 0 Å². The van der Waals surface area contributed by atoms with Gasteiger partial charge in [0.25, 0.3) is 0 Å². The van der Waals surface area contributed by atoms with Gasteiger partial charge in [0.05, 0.1) is 0 Å². The zero-order chi connectivity index (χ0) is 13.8. The number of amides is 1. The molecule has 0 spiro atoms. The van der Waals surface area contributed by atoms with Crippen LogP contribution in [0.15, 0.2) is 12.3 Å². The SMILES string of the molecule is CCn1ccc(NC(=O)CC(N)CC(C)(C)C)n1. The molecule has 1 atom stereocenters. The molecule has 1 heterocycles. The Labute approximate surface area is 109 Å². The van der Waals surface area contributed by atoms with E-state index in [1.807, 2.05) is 13.1 Å². The van der Waals surface area contributed by atoms with E-state index in [1.165, 1.54) is 0 Å². The zero-order valence-electron chi connectivity index (χ0n) is 11.7. The second kappa shape index (κ2) is 6.00. The second-order valence-electron chi connectivity index (χ2n) is 5.83. The molecule has 0 aliphatic rings. The van der Waals surface area contributed by atoms with Crippen LogP contribution in [0.4, 0.5) is 5.82 Å². The Kier molecular flexibility index (Phi) is 4.90. The average Bonchev–Trinajstić information content (AvgIpc) is 2.61. The van der Waals surface area contributed by atoms with E-state index in [-0.39, 0.29) is 17.4 Å². The van der Waals surface area contributed by atoms with Gasteiger partial charge in [-0.05, 0) is 18.8 Å². The van der Waals surface area contributed by atoms with Crippen LogP contribution >= 0.6 is 0 Å². The van der Waals surface area contributed by atoms with E-state index >= 15 is 0 Å². The third-order valence-electron chi connectivity index (χ3n) is 2.55. The standard InChI is InChI=1S/C13H24N4O/c1-5-17-7-6-11(16-17)15-12(18)8-10(14)9-13(2,3)4/h6-7,10H,5,8-9,14H2,1-4H3,(H,15,16,18). The molecule has 18 heavy (non-hydrogen) atoms. The first-order valence-electron chi connectivity index (χ1n) is 6.39. The number of anilines is 1. The predicted molar refractivity (Wildman–Crippen MR) is 73.2 cm³/mol. The number of hydrogen-bond donors (Lipinski definition) is 2. The molecule has 0 bridgehead atoms. The van der Waals surface area contributed by atoms with Crippen LogP contribution < -0.4 is 11.1 Å². The first-order chi connectivity index (χ1) is 8.30. The van der Waals surface area contributed by atoms with Crippen molar-refractivity contribution in [3.05, 3.63) is 12.3 Å². The molecule has 1 aromatic heterocycles. The summed E-state index contributed by atoms with van der Waals surface area (Å²) in [5.74, 6) is 0.512. The lowest BCUT2D eigenvalue weighted by Crippen LogP contribution is -2.31. The third-order valence-corrected chi connectivity index (χ3v) is 2.55. The maximum absolute atomic E-state index is 11.8. The Hall–Kier alpha value is -1.36. The summed E-state index contributed by atoms with van der Waals surface area (Å²) in [5.41, 5.74) is 6.10. The highest BCUT2D eigenvalue weighted by Crippen LogP contribution is 2.21. The molecular formula is C13H24N4O. The summed E-state index contributed by atoms with van der Waals surface area (Å²) in [5, 5.41) is 6.96. The smallest absolute Gasteiger partial charge is 0.227 e. The lowest BCUT2D eigenvalue weighted by Gasteiger charge is -2.22. The summed E-state index contributed by atoms with van der Waals surface area (Å²) in [6.45, 7) is 9.15. The number of rotatable bonds is 5. The van der Waals surface area contributed by atoms with Gasteiger partial charge in [0.2, 0.25) is 5.91 Å². The molecule has 102 valence electrons. The summed E-state index contributed by atoms with van der Waals surface area (Å²) in [4.78, 5) is 11.8. The van der Waals surface area contributed by atoms with Crippen molar-refractivity contribution in [1.82, 2.24) is 9.78 Å². The van der Waals surface area contributed by atoms with Crippen LogP contribution in [-0.2, 0) is 11.3 Å². The van der Waals surface area contributed by atoms with Gasteiger partial charge in [0, 0.05) is 31.3 Å². The molecule has 5 nitrogen and oxygen atoms in total. The van der Waals surface area contributed by atoms with Gasteiger partial charge in [-0.15, -0.1) is 0 Å². The lowest BCUT2D eigenvalue weighted by molar-refractivity contribution is -0.116. The van der Waals surface area contributed by atoms with Gasteiger partial charge in [0.1, 0.15) is 0 Å². The van der Waals surface area contributed by atoms with E-state index in [2.05, 4.69) is 31.2 Å². The first-order valence-corrected chi connectivity index (χ1v) is 6.39. The van der Waals surface area contributed by atoms with Gasteiger partial charge in [0.15, 0.2) is 5.82 Å². The van der Waals surface area contributed by atoms with E-state index in [0.717, 1.165) is 13.0 Å². The Morgan fingerprint density at radius 3 is 2.72 bits per heavy atom. The zero-order valence-corrected chi connectivity index (χ0v) is 11.7. The van der Waals surface area contributed by atoms with Crippen LogP contribution in [0.5, 0.6) is 0 Å². The van der Waals surface area contributed by atoms with Gasteiger partial charge in [-0.1, -0.05) is 20.8 Å². The average molecular weight is 252 g/mol. The normalized spacial score (nSPS) is 13.4. The molecule has 3 N–H and O–H groups in total. The first kappa shape index (κ1) is 14.7. The highest BCUT2D eigenvalue weighted by atomic mass is 16.1. The minimum Gasteiger partial charge on any atom is -0.327 e. The summed E-state index contributed by atoms with van der Waals surface area (Å²) >= 11 is 0. The fraction of sp³-hybridized carbons (Fsp3) is 0.692. The molecule has 0 saturated carbocycles. The third kappa shape index (κ3) is 5.31. The van der Waals surface area contributed by atoms with E-state index in [9.17, 15) is 4.79 Å². The maximum Gasteiger partial charge on any atom is 0.227 e. The van der Waals surface area contributed by atoms with Crippen LogP contribution in [0, 0.1) is 5.41 Å². The minimum absolute atomic E-state index is 0.0758. The molecule has 1 aromatic rings. The second-order valence-corrected chi connectivity index (χ2v) is 5.83. The lowest BCUT2D eigenvalue weighted by atomic mass is 9.87. The molecular weight excluding hydrogens is 228 g/mol. The van der Waals surface area contributed by atoms with Crippen LogP contribution in [0.25, 0.3) is 0 Å². The van der Waals surface area contributed by atoms with Gasteiger partial charge in [-0.2, -0.15) is 5.10 Å². The fourth-order valence-electron chi connectivity index (χ4n) is 1.90. The largest absolute Gasteiger partial charge is 0.327 e. The van der Waals surface area contributed by atoms with E-state index in [0.29, 0.717) is 12.2 Å². The predicted octanol–water partition coefficient (Wildman–Crippen LogP) is 2.00. The molecule has 0 aromatic carbocycles. The quantitative estimate of drug-likeness (QED) is 0.841. The molecule has 0 saturated heterocycles. The Bertz CT molecular complexity index is 392. The van der Waals surface area contributed by atoms with Gasteiger partial charge < -0.3 is 11.1 Å². The number of hydrogen-bond acceptors (Lipinski definition) is 3. The van der Waals surface area contributed by atoms with Crippen molar-refractivity contribution in [2.24, 2.45) is 11.1 Å². The van der Waals surface area contributed by atoms with Crippen LogP contribution in [0.2, 0.25) is 0 Å². The number of nitrogens with zero attached hydrogens (tertiary/aromatic N) is 2. The Morgan fingerprint density at radius 2 is 2.22 bits per heavy atom.